The minimum absolute atomic E-state index is 0.292. The van der Waals surface area contributed by atoms with E-state index in [4.69, 9.17) is 5.73 Å². The fraction of sp³-hybridized carbons (Fsp3) is 0.857. The monoisotopic (exact) mass is 175 g/mol. The number of carbonyl (C=O) groups is 1. The van der Waals surface area contributed by atoms with E-state index in [0.717, 1.165) is 11.5 Å². The zero-order valence-electron chi connectivity index (χ0n) is 6.79. The molecular formula is C7H13NO2S. The molecule has 1 saturated heterocycles. The summed E-state index contributed by atoms with van der Waals surface area (Å²) in [5, 5.41) is 0. The number of carbonyl (C=O) groups excluding carboxylic acids is 1. The van der Waals surface area contributed by atoms with Crippen LogP contribution in [-0.4, -0.2) is 30.1 Å². The molecule has 0 aromatic carbocycles. The molecule has 0 aliphatic carbocycles. The Morgan fingerprint density at radius 3 is 2.55 bits per heavy atom. The van der Waals surface area contributed by atoms with Gasteiger partial charge in [0.05, 0.1) is 7.11 Å². The third-order valence-electron chi connectivity index (χ3n) is 2.11. The molecule has 0 amide bonds. The minimum atomic E-state index is -0.778. The Morgan fingerprint density at radius 1 is 1.73 bits per heavy atom. The number of ether oxygens (including phenoxy) is 1. The molecule has 1 aliphatic rings. The van der Waals surface area contributed by atoms with Gasteiger partial charge in [-0.15, -0.1) is 0 Å². The summed E-state index contributed by atoms with van der Waals surface area (Å²) >= 11 is 1.81. The van der Waals surface area contributed by atoms with Gasteiger partial charge in [0.1, 0.15) is 5.54 Å². The van der Waals surface area contributed by atoms with Crippen LogP contribution in [0.5, 0.6) is 0 Å². The lowest BCUT2D eigenvalue weighted by atomic mass is 9.89. The molecule has 3 nitrogen and oxygen atoms in total. The highest BCUT2D eigenvalue weighted by molar-refractivity contribution is 8.00. The molecule has 0 spiro atoms. The first-order valence-electron chi connectivity index (χ1n) is 3.54. The van der Waals surface area contributed by atoms with Crippen LogP contribution in [0.25, 0.3) is 0 Å². The summed E-state index contributed by atoms with van der Waals surface area (Å²) in [6.07, 6.45) is 0. The van der Waals surface area contributed by atoms with E-state index in [1.807, 2.05) is 11.8 Å². The van der Waals surface area contributed by atoms with Crippen molar-refractivity contribution in [1.29, 1.82) is 0 Å². The topological polar surface area (TPSA) is 52.3 Å². The van der Waals surface area contributed by atoms with Crippen LogP contribution in [-0.2, 0) is 9.53 Å². The fourth-order valence-corrected chi connectivity index (χ4v) is 2.13. The molecule has 1 unspecified atom stereocenters. The van der Waals surface area contributed by atoms with E-state index in [0.29, 0.717) is 5.92 Å². The molecular weight excluding hydrogens is 162 g/mol. The average molecular weight is 175 g/mol. The molecule has 11 heavy (non-hydrogen) atoms. The van der Waals surface area contributed by atoms with Crippen LogP contribution in [0, 0.1) is 5.92 Å². The SMILES string of the molecule is COC(=O)C(C)(N)C1CSC1. The lowest BCUT2D eigenvalue weighted by Gasteiger charge is -2.36. The number of methoxy groups -OCH3 is 1. The maximum absolute atomic E-state index is 11.1. The number of esters is 1. The Balaban J connectivity index is 2.56. The maximum Gasteiger partial charge on any atom is 0.325 e. The standard InChI is InChI=1S/C7H13NO2S/c1-7(8,6(9)10-2)5-3-11-4-5/h5H,3-4,8H2,1-2H3. The van der Waals surface area contributed by atoms with Crippen molar-refractivity contribution >= 4 is 17.7 Å². The molecule has 0 saturated carbocycles. The van der Waals surface area contributed by atoms with Crippen molar-refractivity contribution in [2.75, 3.05) is 18.6 Å². The summed E-state index contributed by atoms with van der Waals surface area (Å²) in [5.41, 5.74) is 5.01. The minimum Gasteiger partial charge on any atom is -0.468 e. The molecule has 0 bridgehead atoms. The quantitative estimate of drug-likeness (QED) is 0.611. The first kappa shape index (κ1) is 8.87. The Kier molecular flexibility index (Phi) is 2.44. The van der Waals surface area contributed by atoms with E-state index in [1.54, 1.807) is 6.92 Å². The van der Waals surface area contributed by atoms with Crippen molar-refractivity contribution < 1.29 is 9.53 Å². The first-order valence-corrected chi connectivity index (χ1v) is 4.69. The third kappa shape index (κ3) is 1.51. The molecule has 1 heterocycles. The predicted molar refractivity (Wildman–Crippen MR) is 45.4 cm³/mol. The van der Waals surface area contributed by atoms with E-state index < -0.39 is 5.54 Å². The predicted octanol–water partition coefficient (Wildman–Crippen LogP) is 0.240. The fourth-order valence-electron chi connectivity index (χ4n) is 0.969. The zero-order chi connectivity index (χ0) is 8.48. The summed E-state index contributed by atoms with van der Waals surface area (Å²) in [7, 11) is 1.37. The van der Waals surface area contributed by atoms with Gasteiger partial charge in [-0.25, -0.2) is 0 Å². The van der Waals surface area contributed by atoms with Gasteiger partial charge in [0.2, 0.25) is 0 Å². The molecule has 1 fully saturated rings. The first-order chi connectivity index (χ1) is 5.09. The van der Waals surface area contributed by atoms with Gasteiger partial charge < -0.3 is 10.5 Å². The summed E-state index contributed by atoms with van der Waals surface area (Å²) in [6, 6.07) is 0. The maximum atomic E-state index is 11.1. The number of rotatable bonds is 2. The molecule has 1 rings (SSSR count). The Bertz CT molecular complexity index is 166. The lowest BCUT2D eigenvalue weighted by Crippen LogP contribution is -2.56. The summed E-state index contributed by atoms with van der Waals surface area (Å²) in [4.78, 5) is 11.1. The van der Waals surface area contributed by atoms with Crippen LogP contribution < -0.4 is 5.73 Å². The van der Waals surface area contributed by atoms with E-state index in [-0.39, 0.29) is 5.97 Å². The summed E-state index contributed by atoms with van der Waals surface area (Å²) < 4.78 is 4.60. The summed E-state index contributed by atoms with van der Waals surface area (Å²) in [5.74, 6) is 1.94. The molecule has 0 aromatic rings. The number of nitrogens with two attached hydrogens (primary N) is 1. The van der Waals surface area contributed by atoms with Gasteiger partial charge in [0, 0.05) is 5.92 Å². The van der Waals surface area contributed by atoms with Crippen LogP contribution in [0.1, 0.15) is 6.92 Å². The van der Waals surface area contributed by atoms with Crippen molar-refractivity contribution in [3.8, 4) is 0 Å². The van der Waals surface area contributed by atoms with E-state index in [2.05, 4.69) is 4.74 Å². The van der Waals surface area contributed by atoms with Crippen LogP contribution >= 0.6 is 11.8 Å². The highest BCUT2D eigenvalue weighted by Crippen LogP contribution is 2.32. The number of hydrogen-bond donors (Lipinski definition) is 1. The molecule has 1 atom stereocenters. The van der Waals surface area contributed by atoms with Gasteiger partial charge in [-0.1, -0.05) is 0 Å². The molecule has 1 aliphatic heterocycles. The van der Waals surface area contributed by atoms with Crippen LogP contribution in [0.3, 0.4) is 0 Å². The van der Waals surface area contributed by atoms with Crippen LogP contribution in [0.15, 0.2) is 0 Å². The number of hydrogen-bond acceptors (Lipinski definition) is 4. The Hall–Kier alpha value is -0.220. The molecule has 0 aromatic heterocycles. The molecule has 0 radical (unpaired) electrons. The van der Waals surface area contributed by atoms with Crippen molar-refractivity contribution in [2.24, 2.45) is 11.7 Å². The Labute approximate surface area is 70.7 Å². The zero-order valence-corrected chi connectivity index (χ0v) is 7.61. The van der Waals surface area contributed by atoms with Gasteiger partial charge >= 0.3 is 5.97 Å². The normalized spacial score (nSPS) is 23.5. The van der Waals surface area contributed by atoms with Crippen molar-refractivity contribution in [1.82, 2.24) is 0 Å². The molecule has 2 N–H and O–H groups in total. The van der Waals surface area contributed by atoms with Crippen molar-refractivity contribution in [2.45, 2.75) is 12.5 Å². The molecule has 4 heteroatoms. The van der Waals surface area contributed by atoms with Crippen molar-refractivity contribution in [3.05, 3.63) is 0 Å². The third-order valence-corrected chi connectivity index (χ3v) is 3.39. The van der Waals surface area contributed by atoms with Gasteiger partial charge in [-0.3, -0.25) is 4.79 Å². The van der Waals surface area contributed by atoms with Gasteiger partial charge in [-0.2, -0.15) is 11.8 Å². The van der Waals surface area contributed by atoms with E-state index >= 15 is 0 Å². The highest BCUT2D eigenvalue weighted by Gasteiger charge is 2.42. The smallest absolute Gasteiger partial charge is 0.325 e. The second-order valence-corrected chi connectivity index (χ2v) is 4.08. The second kappa shape index (κ2) is 3.03. The molecule has 64 valence electrons. The number of thioether (sulfide) groups is 1. The van der Waals surface area contributed by atoms with Crippen LogP contribution in [0.2, 0.25) is 0 Å². The van der Waals surface area contributed by atoms with Gasteiger partial charge in [0.25, 0.3) is 0 Å². The summed E-state index contributed by atoms with van der Waals surface area (Å²) in [6.45, 7) is 1.74. The van der Waals surface area contributed by atoms with Crippen molar-refractivity contribution in [3.63, 3.8) is 0 Å². The second-order valence-electron chi connectivity index (χ2n) is 3.01. The highest BCUT2D eigenvalue weighted by atomic mass is 32.2. The lowest BCUT2D eigenvalue weighted by molar-refractivity contribution is -0.148. The average Bonchev–Trinajstić information content (AvgIpc) is 1.81. The largest absolute Gasteiger partial charge is 0.468 e. The van der Waals surface area contributed by atoms with Gasteiger partial charge in [0.15, 0.2) is 0 Å². The van der Waals surface area contributed by atoms with E-state index in [9.17, 15) is 4.79 Å². The van der Waals surface area contributed by atoms with Gasteiger partial charge in [-0.05, 0) is 18.4 Å². The Morgan fingerprint density at radius 2 is 2.27 bits per heavy atom. The van der Waals surface area contributed by atoms with E-state index in [1.165, 1.54) is 7.11 Å². The van der Waals surface area contributed by atoms with Crippen LogP contribution in [0.4, 0.5) is 0 Å².